The van der Waals surface area contributed by atoms with Crippen LogP contribution in [0.15, 0.2) is 0 Å². The Morgan fingerprint density at radius 2 is 1.88 bits per heavy atom. The predicted molar refractivity (Wildman–Crippen MR) is 64.0 cm³/mol. The summed E-state index contributed by atoms with van der Waals surface area (Å²) in [5.41, 5.74) is 5.47. The Morgan fingerprint density at radius 3 is 2.50 bits per heavy atom. The zero-order chi connectivity index (χ0) is 12.2. The maximum atomic E-state index is 11.2. The van der Waals surface area contributed by atoms with Crippen molar-refractivity contribution in [2.24, 2.45) is 5.73 Å². The number of rotatable bonds is 10. The second-order valence-electron chi connectivity index (χ2n) is 4.05. The minimum absolute atomic E-state index is 0.0761. The highest BCUT2D eigenvalue weighted by atomic mass is 16.5. The van der Waals surface area contributed by atoms with Gasteiger partial charge in [0.15, 0.2) is 0 Å². The minimum Gasteiger partial charge on any atom is -0.465 e. The molecule has 0 aromatic rings. The van der Waals surface area contributed by atoms with E-state index in [1.165, 1.54) is 25.7 Å². The van der Waals surface area contributed by atoms with Crippen LogP contribution in [0.1, 0.15) is 51.9 Å². The molecule has 0 aliphatic rings. The summed E-state index contributed by atoms with van der Waals surface area (Å²) in [6, 6.07) is -0.676. The Morgan fingerprint density at radius 1 is 1.25 bits per heavy atom. The third-order valence-corrected chi connectivity index (χ3v) is 2.49. The smallest absolute Gasteiger partial charge is 0.322 e. The van der Waals surface area contributed by atoms with E-state index in [0.29, 0.717) is 6.61 Å². The van der Waals surface area contributed by atoms with Gasteiger partial charge in [0.05, 0.1) is 6.61 Å². The number of carbonyl (C=O) groups excluding carboxylic acids is 1. The number of hydrogen-bond acceptors (Lipinski definition) is 4. The molecule has 0 amide bonds. The third kappa shape index (κ3) is 8.68. The SMILES string of the molecule is CCCCCCCCOC(=O)[C@H](N)CCO. The van der Waals surface area contributed by atoms with Crippen LogP contribution in [-0.4, -0.2) is 30.3 Å². The van der Waals surface area contributed by atoms with E-state index < -0.39 is 12.0 Å². The third-order valence-electron chi connectivity index (χ3n) is 2.49. The van der Waals surface area contributed by atoms with Gasteiger partial charge in [0, 0.05) is 6.61 Å². The molecule has 0 aliphatic heterocycles. The Hall–Kier alpha value is -0.610. The van der Waals surface area contributed by atoms with Crippen molar-refractivity contribution in [3.8, 4) is 0 Å². The van der Waals surface area contributed by atoms with E-state index in [1.807, 2.05) is 0 Å². The van der Waals surface area contributed by atoms with E-state index in [9.17, 15) is 4.79 Å². The number of hydrogen-bond donors (Lipinski definition) is 2. The van der Waals surface area contributed by atoms with E-state index in [-0.39, 0.29) is 13.0 Å². The summed E-state index contributed by atoms with van der Waals surface area (Å²) in [6.45, 7) is 2.56. The number of aliphatic hydroxyl groups excluding tert-OH is 1. The molecule has 0 aromatic carbocycles. The van der Waals surface area contributed by atoms with Crippen molar-refractivity contribution in [1.82, 2.24) is 0 Å². The van der Waals surface area contributed by atoms with Crippen LogP contribution >= 0.6 is 0 Å². The molecule has 1 atom stereocenters. The first-order valence-electron chi connectivity index (χ1n) is 6.25. The van der Waals surface area contributed by atoms with E-state index in [2.05, 4.69) is 6.92 Å². The zero-order valence-electron chi connectivity index (χ0n) is 10.3. The molecule has 4 nitrogen and oxygen atoms in total. The lowest BCUT2D eigenvalue weighted by Crippen LogP contribution is -2.33. The molecule has 0 aliphatic carbocycles. The fourth-order valence-corrected chi connectivity index (χ4v) is 1.42. The molecular weight excluding hydrogens is 206 g/mol. The molecule has 0 saturated carbocycles. The van der Waals surface area contributed by atoms with Gasteiger partial charge in [-0.2, -0.15) is 0 Å². The van der Waals surface area contributed by atoms with E-state index in [0.717, 1.165) is 12.8 Å². The summed E-state index contributed by atoms with van der Waals surface area (Å²) >= 11 is 0. The molecule has 0 aromatic heterocycles. The molecule has 96 valence electrons. The average Bonchev–Trinajstić information content (AvgIpc) is 2.28. The van der Waals surface area contributed by atoms with Crippen molar-refractivity contribution in [2.75, 3.05) is 13.2 Å². The molecule has 0 rings (SSSR count). The molecule has 0 heterocycles. The quantitative estimate of drug-likeness (QED) is 0.442. The van der Waals surface area contributed by atoms with Gasteiger partial charge >= 0.3 is 5.97 Å². The number of ether oxygens (including phenoxy) is 1. The predicted octanol–water partition coefficient (Wildman–Crippen LogP) is 1.60. The van der Waals surface area contributed by atoms with Gasteiger partial charge in [-0.15, -0.1) is 0 Å². The van der Waals surface area contributed by atoms with E-state index >= 15 is 0 Å². The molecule has 0 saturated heterocycles. The number of aliphatic hydroxyl groups is 1. The Labute approximate surface area is 98.2 Å². The number of carbonyl (C=O) groups is 1. The first-order chi connectivity index (χ1) is 7.72. The van der Waals surface area contributed by atoms with Gasteiger partial charge in [-0.25, -0.2) is 0 Å². The van der Waals surface area contributed by atoms with Gasteiger partial charge in [0.25, 0.3) is 0 Å². The molecule has 16 heavy (non-hydrogen) atoms. The standard InChI is InChI=1S/C12H25NO3/c1-2-3-4-5-6-7-10-16-12(15)11(13)8-9-14/h11,14H,2-10,13H2,1H3/t11-/m1/s1. The van der Waals surface area contributed by atoms with Crippen molar-refractivity contribution in [3.05, 3.63) is 0 Å². The molecule has 0 bridgehead atoms. The van der Waals surface area contributed by atoms with Crippen LogP contribution in [0.5, 0.6) is 0 Å². The lowest BCUT2D eigenvalue weighted by Gasteiger charge is -2.09. The summed E-state index contributed by atoms with van der Waals surface area (Å²) in [6.07, 6.45) is 7.26. The summed E-state index contributed by atoms with van der Waals surface area (Å²) in [5.74, 6) is -0.400. The van der Waals surface area contributed by atoms with Crippen LogP contribution in [0.2, 0.25) is 0 Å². The normalized spacial score (nSPS) is 12.4. The van der Waals surface area contributed by atoms with Crippen molar-refractivity contribution in [3.63, 3.8) is 0 Å². The van der Waals surface area contributed by atoms with Crippen molar-refractivity contribution in [1.29, 1.82) is 0 Å². The second-order valence-corrected chi connectivity index (χ2v) is 4.05. The largest absolute Gasteiger partial charge is 0.465 e. The first-order valence-corrected chi connectivity index (χ1v) is 6.25. The highest BCUT2D eigenvalue weighted by molar-refractivity contribution is 5.75. The molecule has 0 fully saturated rings. The maximum absolute atomic E-state index is 11.2. The first kappa shape index (κ1) is 15.4. The van der Waals surface area contributed by atoms with Crippen LogP contribution < -0.4 is 5.73 Å². The minimum atomic E-state index is -0.676. The van der Waals surface area contributed by atoms with Crippen LogP contribution in [0.3, 0.4) is 0 Å². The van der Waals surface area contributed by atoms with Gasteiger partial charge in [-0.3, -0.25) is 4.79 Å². The fourth-order valence-electron chi connectivity index (χ4n) is 1.42. The van der Waals surface area contributed by atoms with Gasteiger partial charge in [-0.1, -0.05) is 39.0 Å². The van der Waals surface area contributed by atoms with Crippen LogP contribution in [0, 0.1) is 0 Å². The lowest BCUT2D eigenvalue weighted by molar-refractivity contribution is -0.145. The van der Waals surface area contributed by atoms with Crippen molar-refractivity contribution >= 4 is 5.97 Å². The molecule has 0 radical (unpaired) electrons. The Balaban J connectivity index is 3.27. The van der Waals surface area contributed by atoms with E-state index in [1.54, 1.807) is 0 Å². The van der Waals surface area contributed by atoms with Gasteiger partial charge in [-0.05, 0) is 12.8 Å². The summed E-state index contributed by atoms with van der Waals surface area (Å²) in [4.78, 5) is 11.2. The molecule has 3 N–H and O–H groups in total. The molecule has 4 heteroatoms. The summed E-state index contributed by atoms with van der Waals surface area (Å²) < 4.78 is 4.99. The average molecular weight is 231 g/mol. The molecule has 0 unspecified atom stereocenters. The van der Waals surface area contributed by atoms with Gasteiger partial charge < -0.3 is 15.6 Å². The van der Waals surface area contributed by atoms with Crippen LogP contribution in [-0.2, 0) is 9.53 Å². The van der Waals surface area contributed by atoms with Crippen LogP contribution in [0.25, 0.3) is 0 Å². The van der Waals surface area contributed by atoms with Crippen molar-refractivity contribution < 1.29 is 14.6 Å². The summed E-state index contributed by atoms with van der Waals surface area (Å²) in [5, 5.41) is 8.59. The Kier molecular flexibility index (Phi) is 10.5. The van der Waals surface area contributed by atoms with Gasteiger partial charge in [0.1, 0.15) is 6.04 Å². The van der Waals surface area contributed by atoms with Crippen LogP contribution in [0.4, 0.5) is 0 Å². The van der Waals surface area contributed by atoms with E-state index in [4.69, 9.17) is 15.6 Å². The monoisotopic (exact) mass is 231 g/mol. The molecule has 0 spiro atoms. The highest BCUT2D eigenvalue weighted by Crippen LogP contribution is 2.05. The fraction of sp³-hybridized carbons (Fsp3) is 0.917. The van der Waals surface area contributed by atoms with Crippen molar-refractivity contribution in [2.45, 2.75) is 57.9 Å². The maximum Gasteiger partial charge on any atom is 0.322 e. The molecular formula is C12H25NO3. The van der Waals surface area contributed by atoms with Gasteiger partial charge in [0.2, 0.25) is 0 Å². The number of unbranched alkanes of at least 4 members (excludes halogenated alkanes) is 5. The lowest BCUT2D eigenvalue weighted by atomic mass is 10.1. The number of esters is 1. The number of nitrogens with two attached hydrogens (primary N) is 1. The topological polar surface area (TPSA) is 72.5 Å². The Bertz CT molecular complexity index is 174. The highest BCUT2D eigenvalue weighted by Gasteiger charge is 2.13. The zero-order valence-corrected chi connectivity index (χ0v) is 10.3. The second kappa shape index (κ2) is 10.9. The summed E-state index contributed by atoms with van der Waals surface area (Å²) in [7, 11) is 0.